The van der Waals surface area contributed by atoms with E-state index in [1.165, 1.54) is 25.3 Å². The normalized spacial score (nSPS) is 22.3. The average molecular weight is 278 g/mol. The first kappa shape index (κ1) is 14.6. The molecule has 0 unspecified atom stereocenters. The first-order valence-electron chi connectivity index (χ1n) is 7.23. The lowest BCUT2D eigenvalue weighted by atomic mass is 9.84. The highest BCUT2D eigenvalue weighted by Gasteiger charge is 2.23. The van der Waals surface area contributed by atoms with Crippen molar-refractivity contribution >= 4 is 17.3 Å². The smallest absolute Gasteiger partial charge is 0.311 e. The SMILES string of the molecule is CCC1CCC(Nc2nc(NC)ccc2[N+](=O)[O-])CC1. The van der Waals surface area contributed by atoms with Crippen LogP contribution in [0.15, 0.2) is 12.1 Å². The van der Waals surface area contributed by atoms with Gasteiger partial charge in [-0.1, -0.05) is 13.3 Å². The van der Waals surface area contributed by atoms with Crippen molar-refractivity contribution in [3.63, 3.8) is 0 Å². The number of pyridine rings is 1. The van der Waals surface area contributed by atoms with Crippen LogP contribution in [0.3, 0.4) is 0 Å². The van der Waals surface area contributed by atoms with Crippen LogP contribution in [0.1, 0.15) is 39.0 Å². The summed E-state index contributed by atoms with van der Waals surface area (Å²) in [6, 6.07) is 3.41. The molecule has 0 atom stereocenters. The first-order chi connectivity index (χ1) is 9.63. The van der Waals surface area contributed by atoms with E-state index in [1.54, 1.807) is 13.1 Å². The van der Waals surface area contributed by atoms with Crippen molar-refractivity contribution in [2.45, 2.75) is 45.1 Å². The summed E-state index contributed by atoms with van der Waals surface area (Å²) in [5.74, 6) is 1.82. The first-order valence-corrected chi connectivity index (χ1v) is 7.23. The highest BCUT2D eigenvalue weighted by Crippen LogP contribution is 2.31. The molecule has 0 amide bonds. The van der Waals surface area contributed by atoms with Crippen LogP contribution in [0, 0.1) is 16.0 Å². The Balaban J connectivity index is 2.09. The maximum atomic E-state index is 11.1. The second-order valence-electron chi connectivity index (χ2n) is 5.34. The molecule has 1 fully saturated rings. The number of rotatable bonds is 5. The summed E-state index contributed by atoms with van der Waals surface area (Å²) >= 11 is 0. The third-order valence-corrected chi connectivity index (χ3v) is 4.09. The van der Waals surface area contributed by atoms with Crippen LogP contribution in [0.2, 0.25) is 0 Å². The second-order valence-corrected chi connectivity index (χ2v) is 5.34. The fraction of sp³-hybridized carbons (Fsp3) is 0.643. The maximum Gasteiger partial charge on any atom is 0.311 e. The van der Waals surface area contributed by atoms with Gasteiger partial charge in [0.15, 0.2) is 0 Å². The van der Waals surface area contributed by atoms with Crippen LogP contribution in [0.4, 0.5) is 17.3 Å². The fourth-order valence-corrected chi connectivity index (χ4v) is 2.75. The van der Waals surface area contributed by atoms with Crippen LogP contribution in [0.25, 0.3) is 0 Å². The van der Waals surface area contributed by atoms with Crippen LogP contribution in [0.5, 0.6) is 0 Å². The molecule has 2 N–H and O–H groups in total. The van der Waals surface area contributed by atoms with Gasteiger partial charge in [0.1, 0.15) is 5.82 Å². The zero-order valence-electron chi connectivity index (χ0n) is 12.1. The quantitative estimate of drug-likeness (QED) is 0.637. The topological polar surface area (TPSA) is 80.1 Å². The van der Waals surface area contributed by atoms with Crippen molar-refractivity contribution in [3.05, 3.63) is 22.2 Å². The zero-order chi connectivity index (χ0) is 14.5. The molecule has 1 aliphatic rings. The highest BCUT2D eigenvalue weighted by atomic mass is 16.6. The summed E-state index contributed by atoms with van der Waals surface area (Å²) < 4.78 is 0. The van der Waals surface area contributed by atoms with Crippen LogP contribution < -0.4 is 10.6 Å². The zero-order valence-corrected chi connectivity index (χ0v) is 12.1. The van der Waals surface area contributed by atoms with Gasteiger partial charge in [0.25, 0.3) is 0 Å². The van der Waals surface area contributed by atoms with Gasteiger partial charge in [-0.05, 0) is 37.7 Å². The van der Waals surface area contributed by atoms with Gasteiger partial charge in [-0.15, -0.1) is 0 Å². The summed E-state index contributed by atoms with van der Waals surface area (Å²) in [7, 11) is 1.75. The van der Waals surface area contributed by atoms with E-state index in [9.17, 15) is 10.1 Å². The Labute approximate surface area is 119 Å². The van der Waals surface area contributed by atoms with Gasteiger partial charge in [0, 0.05) is 19.2 Å². The lowest BCUT2D eigenvalue weighted by Gasteiger charge is -2.28. The summed E-state index contributed by atoms with van der Waals surface area (Å²) in [5, 5.41) is 17.2. The van der Waals surface area contributed by atoms with Crippen molar-refractivity contribution in [2.24, 2.45) is 5.92 Å². The molecule has 0 radical (unpaired) electrons. The van der Waals surface area contributed by atoms with Crippen LogP contribution in [-0.4, -0.2) is 23.0 Å². The van der Waals surface area contributed by atoms with E-state index in [4.69, 9.17) is 0 Å². The van der Waals surface area contributed by atoms with Crippen molar-refractivity contribution in [2.75, 3.05) is 17.7 Å². The van der Waals surface area contributed by atoms with E-state index in [-0.39, 0.29) is 16.7 Å². The third kappa shape index (κ3) is 3.37. The third-order valence-electron chi connectivity index (χ3n) is 4.09. The highest BCUT2D eigenvalue weighted by molar-refractivity contribution is 5.60. The van der Waals surface area contributed by atoms with Gasteiger partial charge in [-0.3, -0.25) is 10.1 Å². The number of aromatic nitrogens is 1. The largest absolute Gasteiger partial charge is 0.373 e. The van der Waals surface area contributed by atoms with Crippen molar-refractivity contribution in [1.82, 2.24) is 4.98 Å². The van der Waals surface area contributed by atoms with Crippen molar-refractivity contribution < 1.29 is 4.92 Å². The Morgan fingerprint density at radius 3 is 2.60 bits per heavy atom. The molecular formula is C14H22N4O2. The Hall–Kier alpha value is -1.85. The lowest BCUT2D eigenvalue weighted by molar-refractivity contribution is -0.384. The molecule has 6 nitrogen and oxygen atoms in total. The molecule has 0 bridgehead atoms. The monoisotopic (exact) mass is 278 g/mol. The van der Waals surface area contributed by atoms with Gasteiger partial charge < -0.3 is 10.6 Å². The number of nitrogens with one attached hydrogen (secondary N) is 2. The van der Waals surface area contributed by atoms with E-state index in [2.05, 4.69) is 22.5 Å². The van der Waals surface area contributed by atoms with Crippen LogP contribution in [-0.2, 0) is 0 Å². The van der Waals surface area contributed by atoms with Gasteiger partial charge in [0.2, 0.25) is 5.82 Å². The number of hydrogen-bond donors (Lipinski definition) is 2. The molecule has 0 aliphatic heterocycles. The molecular weight excluding hydrogens is 256 g/mol. The minimum atomic E-state index is -0.382. The fourth-order valence-electron chi connectivity index (χ4n) is 2.75. The van der Waals surface area contributed by atoms with E-state index >= 15 is 0 Å². The Morgan fingerprint density at radius 1 is 1.35 bits per heavy atom. The predicted octanol–water partition coefficient (Wildman–Crippen LogP) is 3.41. The average Bonchev–Trinajstić information content (AvgIpc) is 2.47. The molecule has 1 aliphatic carbocycles. The molecule has 0 aromatic carbocycles. The molecule has 1 heterocycles. The number of hydrogen-bond acceptors (Lipinski definition) is 5. The van der Waals surface area contributed by atoms with E-state index < -0.39 is 0 Å². The molecule has 110 valence electrons. The minimum absolute atomic E-state index is 0.0432. The standard InChI is InChI=1S/C14H22N4O2/c1-3-10-4-6-11(7-5-10)16-14-12(18(19)20)8-9-13(15-2)17-14/h8-11H,3-7H2,1-2H3,(H2,15,16,17). The maximum absolute atomic E-state index is 11.1. The van der Waals surface area contributed by atoms with Crippen molar-refractivity contribution in [1.29, 1.82) is 0 Å². The summed E-state index contributed by atoms with van der Waals surface area (Å²) in [5.41, 5.74) is 0.0432. The minimum Gasteiger partial charge on any atom is -0.373 e. The second kappa shape index (κ2) is 6.54. The molecule has 6 heteroatoms. The summed E-state index contributed by atoms with van der Waals surface area (Å²) in [6.07, 6.45) is 5.71. The predicted molar refractivity (Wildman–Crippen MR) is 80.1 cm³/mol. The number of nitro groups is 1. The van der Waals surface area contributed by atoms with Gasteiger partial charge in [-0.2, -0.15) is 0 Å². The number of nitrogens with zero attached hydrogens (tertiary/aromatic N) is 2. The summed E-state index contributed by atoms with van der Waals surface area (Å²) in [6.45, 7) is 2.22. The van der Waals surface area contributed by atoms with E-state index in [0.717, 1.165) is 18.8 Å². The molecule has 0 spiro atoms. The number of anilines is 2. The van der Waals surface area contributed by atoms with Crippen LogP contribution >= 0.6 is 0 Å². The Bertz CT molecular complexity index is 470. The molecule has 0 saturated heterocycles. The Morgan fingerprint density at radius 2 is 2.05 bits per heavy atom. The molecule has 1 aromatic heterocycles. The summed E-state index contributed by atoms with van der Waals surface area (Å²) in [4.78, 5) is 15.0. The lowest BCUT2D eigenvalue weighted by Crippen LogP contribution is -2.26. The van der Waals surface area contributed by atoms with E-state index in [1.807, 2.05) is 0 Å². The molecule has 2 rings (SSSR count). The van der Waals surface area contributed by atoms with Gasteiger partial charge >= 0.3 is 5.69 Å². The molecule has 1 saturated carbocycles. The van der Waals surface area contributed by atoms with E-state index in [0.29, 0.717) is 11.6 Å². The molecule has 1 aromatic rings. The molecule has 20 heavy (non-hydrogen) atoms. The Kier molecular flexibility index (Phi) is 4.76. The van der Waals surface area contributed by atoms with Crippen molar-refractivity contribution in [3.8, 4) is 0 Å². The van der Waals surface area contributed by atoms with Gasteiger partial charge in [0.05, 0.1) is 4.92 Å². The van der Waals surface area contributed by atoms with Gasteiger partial charge in [-0.25, -0.2) is 4.98 Å².